The minimum absolute atomic E-state index is 0.0783. The SMILES string of the molecule is O=C(Nc1ccc(C2CCN(CC3CCC(COC(=O)Oc4ccc([N+](=O)[O-])cc4)CC3)CC2)c(F)c1)OCc1ccccc1. The first-order valence-electron chi connectivity index (χ1n) is 15.4. The van der Waals surface area contributed by atoms with E-state index in [1.54, 1.807) is 12.1 Å². The van der Waals surface area contributed by atoms with Crippen LogP contribution in [0.2, 0.25) is 0 Å². The molecule has 1 aliphatic carbocycles. The summed E-state index contributed by atoms with van der Waals surface area (Å²) in [6.07, 6.45) is 4.38. The molecule has 10 nitrogen and oxygen atoms in total. The fraction of sp³-hybridized carbons (Fsp3) is 0.412. The highest BCUT2D eigenvalue weighted by molar-refractivity contribution is 5.84. The molecule has 0 bridgehead atoms. The Morgan fingerprint density at radius 3 is 2.24 bits per heavy atom. The van der Waals surface area contributed by atoms with E-state index < -0.39 is 17.2 Å². The van der Waals surface area contributed by atoms with Gasteiger partial charge in [0.15, 0.2) is 0 Å². The molecule has 5 rings (SSSR count). The van der Waals surface area contributed by atoms with E-state index in [4.69, 9.17) is 14.2 Å². The maximum Gasteiger partial charge on any atom is 0.513 e. The van der Waals surface area contributed by atoms with Crippen LogP contribution in [0, 0.1) is 27.8 Å². The normalized spacial score (nSPS) is 19.0. The molecule has 3 aromatic carbocycles. The van der Waals surface area contributed by atoms with Crippen molar-refractivity contribution in [2.45, 2.75) is 51.0 Å². The fourth-order valence-electron chi connectivity index (χ4n) is 6.13. The summed E-state index contributed by atoms with van der Waals surface area (Å²) in [4.78, 5) is 36.9. The van der Waals surface area contributed by atoms with Crippen LogP contribution in [-0.2, 0) is 16.1 Å². The molecular weight excluding hydrogens is 581 g/mol. The number of likely N-dealkylation sites (tertiary alicyclic amines) is 1. The molecule has 0 spiro atoms. The minimum Gasteiger partial charge on any atom is -0.444 e. The van der Waals surface area contributed by atoms with Gasteiger partial charge in [-0.3, -0.25) is 15.4 Å². The number of nitrogens with one attached hydrogen (secondary N) is 1. The van der Waals surface area contributed by atoms with Gasteiger partial charge in [-0.05, 0) is 105 Å². The van der Waals surface area contributed by atoms with Crippen molar-refractivity contribution in [2.75, 3.05) is 31.6 Å². The molecule has 0 aromatic heterocycles. The zero-order valence-corrected chi connectivity index (χ0v) is 25.1. The number of nitro groups is 1. The average molecular weight is 620 g/mol. The molecule has 1 aliphatic heterocycles. The number of benzene rings is 3. The predicted octanol–water partition coefficient (Wildman–Crippen LogP) is 7.68. The zero-order chi connectivity index (χ0) is 31.6. The molecule has 2 aliphatic rings. The third-order valence-electron chi connectivity index (χ3n) is 8.66. The number of hydrogen-bond acceptors (Lipinski definition) is 8. The van der Waals surface area contributed by atoms with Crippen LogP contribution in [0.5, 0.6) is 5.75 Å². The number of non-ortho nitro benzene ring substituents is 1. The molecule has 0 radical (unpaired) electrons. The molecule has 1 saturated heterocycles. The Kier molecular flexibility index (Phi) is 11.0. The number of rotatable bonds is 10. The summed E-state index contributed by atoms with van der Waals surface area (Å²) in [7, 11) is 0. The van der Waals surface area contributed by atoms with E-state index in [-0.39, 0.29) is 35.7 Å². The monoisotopic (exact) mass is 619 g/mol. The summed E-state index contributed by atoms with van der Waals surface area (Å²) in [5.74, 6) is 0.883. The van der Waals surface area contributed by atoms with Crippen molar-refractivity contribution in [3.05, 3.63) is 99.9 Å². The Balaban J connectivity index is 0.975. The quantitative estimate of drug-likeness (QED) is 0.106. The third kappa shape index (κ3) is 9.49. The van der Waals surface area contributed by atoms with Crippen LogP contribution in [0.25, 0.3) is 0 Å². The first-order valence-corrected chi connectivity index (χ1v) is 15.4. The molecule has 2 fully saturated rings. The van der Waals surface area contributed by atoms with E-state index in [0.29, 0.717) is 23.8 Å². The molecule has 45 heavy (non-hydrogen) atoms. The van der Waals surface area contributed by atoms with Crippen molar-refractivity contribution in [1.29, 1.82) is 0 Å². The number of ether oxygens (including phenoxy) is 3. The second kappa shape index (κ2) is 15.5. The number of anilines is 1. The summed E-state index contributed by atoms with van der Waals surface area (Å²) in [5, 5.41) is 13.4. The Bertz CT molecular complexity index is 1440. The van der Waals surface area contributed by atoms with Crippen molar-refractivity contribution >= 4 is 23.6 Å². The molecule has 1 amide bonds. The number of halogens is 1. The van der Waals surface area contributed by atoms with Gasteiger partial charge in [0, 0.05) is 24.4 Å². The molecule has 1 heterocycles. The van der Waals surface area contributed by atoms with Gasteiger partial charge in [-0.25, -0.2) is 14.0 Å². The third-order valence-corrected chi connectivity index (χ3v) is 8.66. The predicted molar refractivity (Wildman–Crippen MR) is 166 cm³/mol. The number of nitrogens with zero attached hydrogens (tertiary/aromatic N) is 2. The molecule has 0 atom stereocenters. The van der Waals surface area contributed by atoms with Crippen LogP contribution in [0.1, 0.15) is 55.6 Å². The van der Waals surface area contributed by atoms with Gasteiger partial charge in [0.25, 0.3) is 5.69 Å². The van der Waals surface area contributed by atoms with E-state index >= 15 is 4.39 Å². The van der Waals surface area contributed by atoms with Gasteiger partial charge in [0.2, 0.25) is 0 Å². The number of carbonyl (C=O) groups excluding carboxylic acids is 2. The fourth-order valence-corrected chi connectivity index (χ4v) is 6.13. The first-order chi connectivity index (χ1) is 21.8. The number of amides is 1. The van der Waals surface area contributed by atoms with Crippen LogP contribution in [0.4, 0.5) is 25.4 Å². The van der Waals surface area contributed by atoms with Crippen molar-refractivity contribution in [2.24, 2.45) is 11.8 Å². The van der Waals surface area contributed by atoms with Crippen molar-refractivity contribution in [3.8, 4) is 5.75 Å². The summed E-state index contributed by atoms with van der Waals surface area (Å²) >= 11 is 0. The van der Waals surface area contributed by atoms with E-state index in [1.165, 1.54) is 30.3 Å². The van der Waals surface area contributed by atoms with E-state index in [9.17, 15) is 19.7 Å². The maximum absolute atomic E-state index is 15.0. The Morgan fingerprint density at radius 1 is 0.889 bits per heavy atom. The van der Waals surface area contributed by atoms with Gasteiger partial charge >= 0.3 is 12.2 Å². The summed E-state index contributed by atoms with van der Waals surface area (Å²) < 4.78 is 30.7. The molecule has 3 aromatic rings. The van der Waals surface area contributed by atoms with Gasteiger partial charge < -0.3 is 19.1 Å². The zero-order valence-electron chi connectivity index (χ0n) is 25.1. The molecule has 238 valence electrons. The standard InChI is InChI=1S/C34H38FN3O7/c35-32-20-28(36-33(39)43-22-25-4-2-1-3-5-25)10-15-31(32)27-16-18-37(19-17-27)21-24-6-8-26(9-7-24)23-44-34(40)45-30-13-11-29(12-14-30)38(41)42/h1-5,10-15,20,24,26-27H,6-9,16-19,21-23H2,(H,36,39). The number of carbonyl (C=O) groups is 2. The topological polar surface area (TPSA) is 120 Å². The lowest BCUT2D eigenvalue weighted by Gasteiger charge is -2.36. The largest absolute Gasteiger partial charge is 0.513 e. The van der Waals surface area contributed by atoms with Crippen molar-refractivity contribution < 1.29 is 33.1 Å². The lowest BCUT2D eigenvalue weighted by molar-refractivity contribution is -0.384. The minimum atomic E-state index is -0.808. The van der Waals surface area contributed by atoms with Gasteiger partial charge in [-0.2, -0.15) is 0 Å². The maximum atomic E-state index is 15.0. The summed E-state index contributed by atoms with van der Waals surface area (Å²) in [6.45, 7) is 3.27. The van der Waals surface area contributed by atoms with Gasteiger partial charge in [0.1, 0.15) is 18.2 Å². The van der Waals surface area contributed by atoms with Crippen LogP contribution >= 0.6 is 0 Å². The van der Waals surface area contributed by atoms with Crippen molar-refractivity contribution in [3.63, 3.8) is 0 Å². The number of piperidine rings is 1. The molecule has 11 heteroatoms. The van der Waals surface area contributed by atoms with Crippen LogP contribution in [-0.4, -0.2) is 48.3 Å². The van der Waals surface area contributed by atoms with Crippen LogP contribution in [0.15, 0.2) is 72.8 Å². The van der Waals surface area contributed by atoms with Gasteiger partial charge in [0.05, 0.1) is 11.5 Å². The van der Waals surface area contributed by atoms with Crippen molar-refractivity contribution in [1.82, 2.24) is 4.90 Å². The van der Waals surface area contributed by atoms with E-state index in [2.05, 4.69) is 10.2 Å². The summed E-state index contributed by atoms with van der Waals surface area (Å²) in [5.41, 5.74) is 1.85. The summed E-state index contributed by atoms with van der Waals surface area (Å²) in [6, 6.07) is 19.5. The van der Waals surface area contributed by atoms with Crippen LogP contribution < -0.4 is 10.1 Å². The second-order valence-corrected chi connectivity index (χ2v) is 11.8. The average Bonchev–Trinajstić information content (AvgIpc) is 3.05. The smallest absolute Gasteiger partial charge is 0.444 e. The second-order valence-electron chi connectivity index (χ2n) is 11.8. The van der Waals surface area contributed by atoms with E-state index in [0.717, 1.165) is 63.7 Å². The highest BCUT2D eigenvalue weighted by Gasteiger charge is 2.28. The number of nitro benzene ring substituents is 1. The number of hydrogen-bond donors (Lipinski definition) is 1. The highest BCUT2D eigenvalue weighted by atomic mass is 19.1. The molecule has 1 saturated carbocycles. The molecule has 0 unspecified atom stereocenters. The lowest BCUT2D eigenvalue weighted by atomic mass is 9.81. The Labute approximate surface area is 261 Å². The highest BCUT2D eigenvalue weighted by Crippen LogP contribution is 2.34. The first kappa shape index (κ1) is 31.9. The Hall–Kier alpha value is -4.51. The van der Waals surface area contributed by atoms with Gasteiger partial charge in [-0.15, -0.1) is 0 Å². The van der Waals surface area contributed by atoms with E-state index in [1.807, 2.05) is 30.3 Å². The Morgan fingerprint density at radius 2 is 1.58 bits per heavy atom. The lowest BCUT2D eigenvalue weighted by Crippen LogP contribution is -2.38. The van der Waals surface area contributed by atoms with Crippen LogP contribution in [0.3, 0.4) is 0 Å². The molecular formula is C34H38FN3O7. The van der Waals surface area contributed by atoms with Gasteiger partial charge in [-0.1, -0.05) is 36.4 Å². The molecule has 1 N–H and O–H groups in total.